The molecule has 0 bridgehead atoms. The predicted octanol–water partition coefficient (Wildman–Crippen LogP) is 1.95. The maximum absolute atomic E-state index is 12.3. The number of aliphatic carboxylic acids is 1. The van der Waals surface area contributed by atoms with Gasteiger partial charge in [-0.05, 0) is 36.5 Å². The van der Waals surface area contributed by atoms with E-state index in [1.807, 2.05) is 11.0 Å². The molecule has 5 nitrogen and oxygen atoms in total. The van der Waals surface area contributed by atoms with E-state index >= 15 is 0 Å². The molecule has 0 aliphatic carbocycles. The van der Waals surface area contributed by atoms with Crippen LogP contribution in [0.1, 0.15) is 25.3 Å². The van der Waals surface area contributed by atoms with Gasteiger partial charge in [0.1, 0.15) is 5.75 Å². The summed E-state index contributed by atoms with van der Waals surface area (Å²) in [5, 5.41) is 8.60. The molecule has 1 aliphatic heterocycles. The Hall–Kier alpha value is -2.04. The predicted molar refractivity (Wildman–Crippen MR) is 78.3 cm³/mol. The summed E-state index contributed by atoms with van der Waals surface area (Å²) in [6, 6.07) is 7.06. The van der Waals surface area contributed by atoms with Gasteiger partial charge in [0.15, 0.2) is 6.61 Å². The minimum atomic E-state index is -1.02. The van der Waals surface area contributed by atoms with Gasteiger partial charge in [0, 0.05) is 13.1 Å². The highest BCUT2D eigenvalue weighted by molar-refractivity contribution is 5.79. The Kier molecular flexibility index (Phi) is 5.20. The SMILES string of the molecule is CC1CCCN(C(=O)Cc2cccc(OCC(=O)O)c2)C1. The summed E-state index contributed by atoms with van der Waals surface area (Å²) in [5.41, 5.74) is 0.848. The highest BCUT2D eigenvalue weighted by Crippen LogP contribution is 2.18. The van der Waals surface area contributed by atoms with Gasteiger partial charge in [-0.15, -0.1) is 0 Å². The van der Waals surface area contributed by atoms with Gasteiger partial charge < -0.3 is 14.7 Å². The number of carbonyl (C=O) groups excluding carboxylic acids is 1. The second kappa shape index (κ2) is 7.11. The number of ether oxygens (including phenoxy) is 1. The number of likely N-dealkylation sites (tertiary alicyclic amines) is 1. The molecule has 2 rings (SSSR count). The number of amides is 1. The first-order chi connectivity index (χ1) is 10.0. The number of piperidine rings is 1. The molecule has 1 fully saturated rings. The van der Waals surface area contributed by atoms with Crippen LogP contribution < -0.4 is 4.74 Å². The van der Waals surface area contributed by atoms with Crippen LogP contribution in [0, 0.1) is 5.92 Å². The van der Waals surface area contributed by atoms with Crippen LogP contribution in [0.15, 0.2) is 24.3 Å². The van der Waals surface area contributed by atoms with Crippen LogP contribution in [0.5, 0.6) is 5.75 Å². The molecule has 114 valence electrons. The third-order valence-electron chi connectivity index (χ3n) is 3.63. The van der Waals surface area contributed by atoms with E-state index in [-0.39, 0.29) is 12.5 Å². The minimum absolute atomic E-state index is 0.122. The Morgan fingerprint density at radius 1 is 1.43 bits per heavy atom. The van der Waals surface area contributed by atoms with Crippen molar-refractivity contribution in [1.29, 1.82) is 0 Å². The third kappa shape index (κ3) is 4.77. The van der Waals surface area contributed by atoms with Crippen molar-refractivity contribution in [2.45, 2.75) is 26.2 Å². The average Bonchev–Trinajstić information content (AvgIpc) is 2.45. The summed E-state index contributed by atoms with van der Waals surface area (Å²) in [6.45, 7) is 3.45. The van der Waals surface area contributed by atoms with Gasteiger partial charge in [-0.25, -0.2) is 4.79 Å². The zero-order valence-electron chi connectivity index (χ0n) is 12.2. The molecular weight excluding hydrogens is 270 g/mol. The second-order valence-electron chi connectivity index (χ2n) is 5.59. The average molecular weight is 291 g/mol. The van der Waals surface area contributed by atoms with Crippen LogP contribution in [0.4, 0.5) is 0 Å². The summed E-state index contributed by atoms with van der Waals surface area (Å²) >= 11 is 0. The van der Waals surface area contributed by atoms with E-state index in [2.05, 4.69) is 6.92 Å². The highest BCUT2D eigenvalue weighted by Gasteiger charge is 2.20. The topological polar surface area (TPSA) is 66.8 Å². The first-order valence-electron chi connectivity index (χ1n) is 7.26. The Morgan fingerprint density at radius 2 is 2.24 bits per heavy atom. The molecule has 1 aliphatic rings. The normalized spacial score (nSPS) is 18.3. The molecule has 1 unspecified atom stereocenters. The number of carbonyl (C=O) groups is 2. The summed E-state index contributed by atoms with van der Waals surface area (Å²) in [7, 11) is 0. The van der Waals surface area contributed by atoms with Gasteiger partial charge in [-0.2, -0.15) is 0 Å². The van der Waals surface area contributed by atoms with Gasteiger partial charge in [0.05, 0.1) is 6.42 Å². The maximum Gasteiger partial charge on any atom is 0.341 e. The molecule has 1 atom stereocenters. The largest absolute Gasteiger partial charge is 0.482 e. The smallest absolute Gasteiger partial charge is 0.341 e. The molecule has 0 saturated carbocycles. The van der Waals surface area contributed by atoms with E-state index in [1.54, 1.807) is 18.2 Å². The fourth-order valence-electron chi connectivity index (χ4n) is 2.59. The van der Waals surface area contributed by atoms with Crippen molar-refractivity contribution in [3.05, 3.63) is 29.8 Å². The van der Waals surface area contributed by atoms with Crippen LogP contribution in [0.3, 0.4) is 0 Å². The number of rotatable bonds is 5. The van der Waals surface area contributed by atoms with E-state index in [0.717, 1.165) is 25.1 Å². The van der Waals surface area contributed by atoms with Gasteiger partial charge in [0.25, 0.3) is 0 Å². The first kappa shape index (κ1) is 15.4. The number of hydrogen-bond donors (Lipinski definition) is 1. The second-order valence-corrected chi connectivity index (χ2v) is 5.59. The standard InChI is InChI=1S/C16H21NO4/c1-12-4-3-7-17(10-12)15(18)9-13-5-2-6-14(8-13)21-11-16(19)20/h2,5-6,8,12H,3-4,7,9-11H2,1H3,(H,19,20). The Morgan fingerprint density at radius 3 is 2.95 bits per heavy atom. The number of benzene rings is 1. The summed E-state index contributed by atoms with van der Waals surface area (Å²) in [5.74, 6) is 0.151. The Labute approximate surface area is 124 Å². The van der Waals surface area contributed by atoms with Crippen LogP contribution in [0.2, 0.25) is 0 Å². The number of hydrogen-bond acceptors (Lipinski definition) is 3. The fraction of sp³-hybridized carbons (Fsp3) is 0.500. The zero-order chi connectivity index (χ0) is 15.2. The molecule has 1 amide bonds. The molecule has 1 N–H and O–H groups in total. The van der Waals surface area contributed by atoms with Gasteiger partial charge in [-0.1, -0.05) is 19.1 Å². The van der Waals surface area contributed by atoms with E-state index < -0.39 is 5.97 Å². The van der Waals surface area contributed by atoms with Crippen molar-refractivity contribution in [2.75, 3.05) is 19.7 Å². The molecule has 5 heteroatoms. The lowest BCUT2D eigenvalue weighted by molar-refractivity contribution is -0.139. The number of nitrogens with zero attached hydrogens (tertiary/aromatic N) is 1. The molecule has 0 radical (unpaired) electrons. The molecule has 1 heterocycles. The lowest BCUT2D eigenvalue weighted by atomic mass is 9.99. The summed E-state index contributed by atoms with van der Waals surface area (Å²) in [6.07, 6.45) is 2.58. The minimum Gasteiger partial charge on any atom is -0.482 e. The van der Waals surface area contributed by atoms with Gasteiger partial charge in [-0.3, -0.25) is 4.79 Å². The lowest BCUT2D eigenvalue weighted by Gasteiger charge is -2.31. The molecular formula is C16H21NO4. The summed E-state index contributed by atoms with van der Waals surface area (Å²) < 4.78 is 5.13. The summed E-state index contributed by atoms with van der Waals surface area (Å²) in [4.78, 5) is 24.7. The molecule has 1 aromatic rings. The van der Waals surface area contributed by atoms with Crippen molar-refractivity contribution in [2.24, 2.45) is 5.92 Å². The highest BCUT2D eigenvalue weighted by atomic mass is 16.5. The van der Waals surface area contributed by atoms with Crippen molar-refractivity contribution in [3.63, 3.8) is 0 Å². The Balaban J connectivity index is 1.94. The van der Waals surface area contributed by atoms with E-state index in [9.17, 15) is 9.59 Å². The van der Waals surface area contributed by atoms with Crippen LogP contribution in [-0.2, 0) is 16.0 Å². The quantitative estimate of drug-likeness (QED) is 0.900. The third-order valence-corrected chi connectivity index (χ3v) is 3.63. The monoisotopic (exact) mass is 291 g/mol. The van der Waals surface area contributed by atoms with Crippen molar-refractivity contribution in [3.8, 4) is 5.75 Å². The van der Waals surface area contributed by atoms with Crippen LogP contribution in [-0.4, -0.2) is 41.6 Å². The van der Waals surface area contributed by atoms with Gasteiger partial charge in [0.2, 0.25) is 5.91 Å². The molecule has 1 saturated heterocycles. The van der Waals surface area contributed by atoms with E-state index in [4.69, 9.17) is 9.84 Å². The lowest BCUT2D eigenvalue weighted by Crippen LogP contribution is -2.39. The molecule has 0 spiro atoms. The number of carboxylic acid groups (broad SMARTS) is 1. The fourth-order valence-corrected chi connectivity index (χ4v) is 2.59. The van der Waals surface area contributed by atoms with Crippen molar-refractivity contribution < 1.29 is 19.4 Å². The van der Waals surface area contributed by atoms with Gasteiger partial charge >= 0.3 is 5.97 Å². The first-order valence-corrected chi connectivity index (χ1v) is 7.26. The number of carboxylic acids is 1. The Bertz CT molecular complexity index is 515. The molecule has 21 heavy (non-hydrogen) atoms. The zero-order valence-corrected chi connectivity index (χ0v) is 12.2. The van der Waals surface area contributed by atoms with E-state index in [1.165, 1.54) is 6.42 Å². The molecule has 0 aromatic heterocycles. The van der Waals surface area contributed by atoms with Crippen molar-refractivity contribution in [1.82, 2.24) is 4.90 Å². The van der Waals surface area contributed by atoms with E-state index in [0.29, 0.717) is 18.1 Å². The maximum atomic E-state index is 12.3. The van der Waals surface area contributed by atoms with Crippen LogP contribution in [0.25, 0.3) is 0 Å². The van der Waals surface area contributed by atoms with Crippen molar-refractivity contribution >= 4 is 11.9 Å². The van der Waals surface area contributed by atoms with Crippen LogP contribution >= 0.6 is 0 Å². The molecule has 1 aromatic carbocycles.